The molecule has 2 radical (unpaired) electrons. The molecule has 0 saturated carbocycles. The summed E-state index contributed by atoms with van der Waals surface area (Å²) in [7, 11) is -9.89. The minimum absolute atomic E-state index is 0. The minimum Gasteiger partial charge on any atom is -0.506 e. The van der Waals surface area contributed by atoms with Crippen LogP contribution in [0.4, 0.5) is 22.7 Å². The zero-order chi connectivity index (χ0) is 36.4. The van der Waals surface area contributed by atoms with Crippen LogP contribution in [0.1, 0.15) is 18.1 Å². The maximum absolute atomic E-state index is 12.7. The third-order valence-corrected chi connectivity index (χ3v) is 9.23. The largest absolute Gasteiger partial charge is 0.506 e. The molecule has 0 aliphatic heterocycles. The quantitative estimate of drug-likeness (QED) is 0.0516. The van der Waals surface area contributed by atoms with Crippen molar-refractivity contribution in [3.63, 3.8) is 0 Å². The molecule has 0 saturated heterocycles. The van der Waals surface area contributed by atoms with Crippen molar-refractivity contribution < 1.29 is 40.6 Å². The number of anilines is 1. The molecule has 1 atom stereocenters. The summed E-state index contributed by atoms with van der Waals surface area (Å²) in [5, 5.41) is 29.2. The van der Waals surface area contributed by atoms with E-state index in [0.717, 1.165) is 34.4 Å². The molecule has 14 nitrogen and oxygen atoms in total. The third kappa shape index (κ3) is 10.0. The first kappa shape index (κ1) is 42.7. The van der Waals surface area contributed by atoms with E-state index >= 15 is 0 Å². The number of nitrogens with one attached hydrogen (secondary N) is 1. The molecule has 5 rings (SSSR count). The predicted molar refractivity (Wildman–Crippen MR) is 196 cm³/mol. The van der Waals surface area contributed by atoms with Gasteiger partial charge in [0.1, 0.15) is 16.3 Å². The Labute approximate surface area is 343 Å². The molecule has 4 N–H and O–H groups in total. The zero-order valence-electron chi connectivity index (χ0n) is 28.6. The Bertz CT molecular complexity index is 2460. The molecule has 5 aromatic rings. The number of aryl methyl sites for hydroxylation is 2. The molecule has 1 unspecified atom stereocenters. The molecule has 0 aromatic heterocycles. The number of fused-ring (bicyclic) bond motifs is 1. The van der Waals surface area contributed by atoms with Crippen LogP contribution in [0.2, 0.25) is 0 Å². The number of amides is 1. The second-order valence-electron chi connectivity index (χ2n) is 11.2. The zero-order valence-corrected chi connectivity index (χ0v) is 34.3. The number of aromatic hydroxyl groups is 1. The maximum atomic E-state index is 12.7. The number of carbonyl (C=O) groups is 2. The number of azo groups is 2. The summed E-state index contributed by atoms with van der Waals surface area (Å²) in [6.45, 7) is 4.95. The van der Waals surface area contributed by atoms with Gasteiger partial charge in [0.2, 0.25) is 6.04 Å². The Morgan fingerprint density at radius 1 is 0.712 bits per heavy atom. The Kier molecular flexibility index (Phi) is 14.3. The molecule has 0 aliphatic carbocycles. The summed E-state index contributed by atoms with van der Waals surface area (Å²) >= 11 is 0. The molecule has 5 aromatic carbocycles. The Morgan fingerprint density at radius 2 is 1.29 bits per heavy atom. The number of phenols is 1. The first-order valence-corrected chi connectivity index (χ1v) is 17.6. The SMILES string of the molecule is CC(=O)C(N=Nc1ccc(-c2ccc(N=Nc3c(O)ccc4cc(S(=O)(=O)O)cc(S(=O)(=O)O)c34)cc2C)c(C)c1)C(=O)Nc1ccccc1.[Na].[Na]. The van der Waals surface area contributed by atoms with Gasteiger partial charge in [0, 0.05) is 70.2 Å². The molecule has 258 valence electrons. The van der Waals surface area contributed by atoms with Gasteiger partial charge in [-0.3, -0.25) is 18.7 Å². The predicted octanol–water partition coefficient (Wildman–Crippen LogP) is 6.66. The first-order chi connectivity index (χ1) is 23.5. The Hall–Kier alpha value is -3.68. The van der Waals surface area contributed by atoms with E-state index in [-0.39, 0.29) is 75.6 Å². The molecule has 52 heavy (non-hydrogen) atoms. The van der Waals surface area contributed by atoms with Gasteiger partial charge in [-0.25, -0.2) is 0 Å². The van der Waals surface area contributed by atoms with Crippen LogP contribution < -0.4 is 5.32 Å². The van der Waals surface area contributed by atoms with Crippen molar-refractivity contribution in [2.75, 3.05) is 5.32 Å². The van der Waals surface area contributed by atoms with Crippen LogP contribution in [-0.2, 0) is 29.8 Å². The summed E-state index contributed by atoms with van der Waals surface area (Å²) in [4.78, 5) is 23.2. The van der Waals surface area contributed by atoms with Crippen molar-refractivity contribution in [3.05, 3.63) is 102 Å². The van der Waals surface area contributed by atoms with Crippen molar-refractivity contribution in [1.29, 1.82) is 0 Å². The number of benzene rings is 5. The monoisotopic (exact) mass is 761 g/mol. The molecule has 1 amide bonds. The van der Waals surface area contributed by atoms with Gasteiger partial charge < -0.3 is 10.4 Å². The molecular weight excluding hydrogens is 733 g/mol. The van der Waals surface area contributed by atoms with E-state index in [1.165, 1.54) is 13.0 Å². The molecule has 0 bridgehead atoms. The Balaban J connectivity index is 0.00000364. The maximum Gasteiger partial charge on any atom is 0.295 e. The summed E-state index contributed by atoms with van der Waals surface area (Å²) in [5.41, 5.74) is 4.16. The van der Waals surface area contributed by atoms with Crippen molar-refractivity contribution in [1.82, 2.24) is 0 Å². The van der Waals surface area contributed by atoms with E-state index in [2.05, 4.69) is 25.8 Å². The average Bonchev–Trinajstić information content (AvgIpc) is 3.04. The number of Topliss-reactive ketones (excluding diaryl/α,β-unsaturated/α-hetero) is 1. The van der Waals surface area contributed by atoms with Crippen LogP contribution in [-0.4, -0.2) is 108 Å². The van der Waals surface area contributed by atoms with Crippen molar-refractivity contribution in [2.24, 2.45) is 20.5 Å². The van der Waals surface area contributed by atoms with E-state index in [1.54, 1.807) is 60.7 Å². The second-order valence-corrected chi connectivity index (χ2v) is 14.0. The molecule has 0 spiro atoms. The van der Waals surface area contributed by atoms with Crippen LogP contribution >= 0.6 is 0 Å². The fourth-order valence-electron chi connectivity index (χ4n) is 5.13. The summed E-state index contributed by atoms with van der Waals surface area (Å²) < 4.78 is 67.1. The first-order valence-electron chi connectivity index (χ1n) is 14.7. The number of nitrogens with zero attached hydrogens (tertiary/aromatic N) is 4. The second kappa shape index (κ2) is 17.4. The van der Waals surface area contributed by atoms with Crippen molar-refractivity contribution in [3.8, 4) is 16.9 Å². The fourth-order valence-corrected chi connectivity index (χ4v) is 6.50. The molecule has 0 aliphatic rings. The minimum atomic E-state index is -5.05. The van der Waals surface area contributed by atoms with E-state index in [0.29, 0.717) is 23.1 Å². The average molecular weight is 762 g/mol. The van der Waals surface area contributed by atoms with Crippen LogP contribution in [0.25, 0.3) is 21.9 Å². The standard InChI is InChI=1S/C34H29N5O9S2.2Na/c1-19-15-24(36-38-32(21(3)40)34(42)35-23-7-5-4-6-8-23)10-12-27(19)28-13-11-25(16-20(28)2)37-39-33-29(41)14-9-22-17-26(49(43,44)45)18-30(31(22)33)50(46,47)48;;/h4-18,32,41H,1-3H3,(H,35,42)(H,43,44,45)(H,46,47,48);;. The number of carbonyl (C=O) groups excluding carboxylic acids is 2. The molecule has 0 heterocycles. The normalized spacial score (nSPS) is 12.3. The summed E-state index contributed by atoms with van der Waals surface area (Å²) in [6.07, 6.45) is 0. The van der Waals surface area contributed by atoms with Gasteiger partial charge in [0.05, 0.1) is 16.3 Å². The van der Waals surface area contributed by atoms with E-state index in [9.17, 15) is 40.6 Å². The van der Waals surface area contributed by atoms with Crippen LogP contribution in [0.5, 0.6) is 5.75 Å². The van der Waals surface area contributed by atoms with E-state index < -0.39 is 53.5 Å². The van der Waals surface area contributed by atoms with Gasteiger partial charge in [-0.2, -0.15) is 32.2 Å². The summed E-state index contributed by atoms with van der Waals surface area (Å²) in [6, 6.07) is 21.6. The van der Waals surface area contributed by atoms with Gasteiger partial charge in [0.15, 0.2) is 5.78 Å². The van der Waals surface area contributed by atoms with Crippen LogP contribution in [0.3, 0.4) is 0 Å². The third-order valence-electron chi connectivity index (χ3n) is 7.52. The number of hydrogen-bond acceptors (Lipinski definition) is 11. The topological polar surface area (TPSA) is 225 Å². The molecule has 0 fully saturated rings. The number of ketones is 1. The summed E-state index contributed by atoms with van der Waals surface area (Å²) in [5.74, 6) is -1.57. The molecular formula is C34H29N5Na2O9S2. The van der Waals surface area contributed by atoms with Crippen LogP contribution in [0, 0.1) is 13.8 Å². The van der Waals surface area contributed by atoms with E-state index in [4.69, 9.17) is 0 Å². The van der Waals surface area contributed by atoms with Crippen LogP contribution in [0.15, 0.2) is 121 Å². The number of para-hydroxylation sites is 1. The van der Waals surface area contributed by atoms with Gasteiger partial charge in [-0.1, -0.05) is 36.4 Å². The number of hydrogen-bond donors (Lipinski definition) is 4. The van der Waals surface area contributed by atoms with Crippen molar-refractivity contribution in [2.45, 2.75) is 36.6 Å². The van der Waals surface area contributed by atoms with Gasteiger partial charge in [-0.15, -0.1) is 5.11 Å². The van der Waals surface area contributed by atoms with Gasteiger partial charge in [0.25, 0.3) is 26.1 Å². The smallest absolute Gasteiger partial charge is 0.295 e. The van der Waals surface area contributed by atoms with E-state index in [1.807, 2.05) is 19.9 Å². The van der Waals surface area contributed by atoms with Gasteiger partial charge >= 0.3 is 0 Å². The van der Waals surface area contributed by atoms with Crippen molar-refractivity contribution >= 4 is 125 Å². The molecule has 18 heteroatoms. The van der Waals surface area contributed by atoms with Gasteiger partial charge in [-0.05, 0) is 103 Å². The number of rotatable bonds is 10. The Morgan fingerprint density at radius 3 is 1.81 bits per heavy atom. The fraction of sp³-hybridized carbons (Fsp3) is 0.118. The number of phenolic OH excluding ortho intramolecular Hbond substituents is 1.